The number of rotatable bonds is 6. The minimum atomic E-state index is -0.294. The second kappa shape index (κ2) is 8.96. The number of hydrogen-bond donors (Lipinski definition) is 2. The van der Waals surface area contributed by atoms with Crippen molar-refractivity contribution in [3.05, 3.63) is 58.5 Å². The third-order valence-corrected chi connectivity index (χ3v) is 2.87. The third kappa shape index (κ3) is 4.68. The molecule has 1 heterocycles. The number of carbonyl (C=O) groups excluding carboxylic acids is 1. The summed E-state index contributed by atoms with van der Waals surface area (Å²) < 4.78 is 1.22. The van der Waals surface area contributed by atoms with E-state index in [1.54, 1.807) is 12.1 Å². The molecule has 1 amide bonds. The second-order valence-electron chi connectivity index (χ2n) is 4.41. The van der Waals surface area contributed by atoms with Crippen molar-refractivity contribution >= 4 is 18.3 Å². The normalized spacial score (nSPS) is 9.86. The van der Waals surface area contributed by atoms with Crippen LogP contribution in [0.15, 0.2) is 47.3 Å². The molecule has 2 aromatic rings. The van der Waals surface area contributed by atoms with Crippen LogP contribution in [-0.4, -0.2) is 35.3 Å². The minimum absolute atomic E-state index is 0. The molecule has 6 nitrogen and oxygen atoms in total. The zero-order valence-electron chi connectivity index (χ0n) is 12.3. The van der Waals surface area contributed by atoms with Crippen molar-refractivity contribution in [1.29, 1.82) is 0 Å². The molecular formula is C15H19ClN4O2. The maximum Gasteiger partial charge on any atom is 0.271 e. The molecule has 1 aromatic heterocycles. The number of para-hydroxylation sites is 1. The van der Waals surface area contributed by atoms with Gasteiger partial charge in [0.1, 0.15) is 5.69 Å². The molecule has 0 fully saturated rings. The largest absolute Gasteiger partial charge is 0.349 e. The van der Waals surface area contributed by atoms with Crippen LogP contribution in [0.5, 0.6) is 0 Å². The lowest BCUT2D eigenvalue weighted by Crippen LogP contribution is -2.33. The topological polar surface area (TPSA) is 76.0 Å². The van der Waals surface area contributed by atoms with E-state index in [0.717, 1.165) is 6.54 Å². The summed E-state index contributed by atoms with van der Waals surface area (Å²) in [6, 6.07) is 11.8. The van der Waals surface area contributed by atoms with Gasteiger partial charge < -0.3 is 10.6 Å². The van der Waals surface area contributed by atoms with Gasteiger partial charge in [0, 0.05) is 19.2 Å². The first kappa shape index (κ1) is 17.9. The Morgan fingerprint density at radius 2 is 1.86 bits per heavy atom. The summed E-state index contributed by atoms with van der Waals surface area (Å²) in [4.78, 5) is 23.8. The van der Waals surface area contributed by atoms with E-state index in [1.807, 2.05) is 25.1 Å². The number of aromatic nitrogens is 2. The molecule has 1 aromatic carbocycles. The molecule has 7 heteroatoms. The molecule has 118 valence electrons. The Morgan fingerprint density at radius 1 is 1.14 bits per heavy atom. The van der Waals surface area contributed by atoms with Gasteiger partial charge in [-0.2, -0.15) is 9.78 Å². The first-order chi connectivity index (χ1) is 10.2. The van der Waals surface area contributed by atoms with Crippen LogP contribution in [0.1, 0.15) is 17.4 Å². The highest BCUT2D eigenvalue weighted by atomic mass is 35.5. The highest BCUT2D eigenvalue weighted by Gasteiger charge is 2.09. The molecule has 0 saturated heterocycles. The second-order valence-corrected chi connectivity index (χ2v) is 4.41. The Labute approximate surface area is 135 Å². The number of nitrogens with one attached hydrogen (secondary N) is 2. The van der Waals surface area contributed by atoms with Gasteiger partial charge in [-0.05, 0) is 24.7 Å². The monoisotopic (exact) mass is 322 g/mol. The maximum absolute atomic E-state index is 12.0. The van der Waals surface area contributed by atoms with Crippen LogP contribution in [0.25, 0.3) is 5.69 Å². The molecule has 0 aliphatic carbocycles. The molecule has 0 spiro atoms. The van der Waals surface area contributed by atoms with Gasteiger partial charge in [-0.25, -0.2) is 0 Å². The van der Waals surface area contributed by atoms with Crippen molar-refractivity contribution in [2.75, 3.05) is 19.6 Å². The van der Waals surface area contributed by atoms with E-state index in [0.29, 0.717) is 18.8 Å². The van der Waals surface area contributed by atoms with E-state index in [-0.39, 0.29) is 29.6 Å². The van der Waals surface area contributed by atoms with Crippen LogP contribution in [-0.2, 0) is 0 Å². The number of nitrogens with zero attached hydrogens (tertiary/aromatic N) is 2. The Kier molecular flexibility index (Phi) is 7.28. The summed E-state index contributed by atoms with van der Waals surface area (Å²) >= 11 is 0. The first-order valence-electron chi connectivity index (χ1n) is 6.87. The van der Waals surface area contributed by atoms with E-state index in [2.05, 4.69) is 15.7 Å². The fraction of sp³-hybridized carbons (Fsp3) is 0.267. The quantitative estimate of drug-likeness (QED) is 0.778. The van der Waals surface area contributed by atoms with Gasteiger partial charge in [0.2, 0.25) is 0 Å². The third-order valence-electron chi connectivity index (χ3n) is 2.87. The Morgan fingerprint density at radius 3 is 2.55 bits per heavy atom. The van der Waals surface area contributed by atoms with Crippen LogP contribution in [0.4, 0.5) is 0 Å². The fourth-order valence-corrected chi connectivity index (χ4v) is 1.82. The molecular weight excluding hydrogens is 304 g/mol. The predicted octanol–water partition coefficient (Wildman–Crippen LogP) is 0.994. The highest BCUT2D eigenvalue weighted by Crippen LogP contribution is 2.02. The van der Waals surface area contributed by atoms with Gasteiger partial charge in [-0.3, -0.25) is 9.59 Å². The van der Waals surface area contributed by atoms with Gasteiger partial charge >= 0.3 is 0 Å². The average molecular weight is 323 g/mol. The number of halogens is 1. The predicted molar refractivity (Wildman–Crippen MR) is 88.0 cm³/mol. The van der Waals surface area contributed by atoms with Crippen LogP contribution >= 0.6 is 12.4 Å². The zero-order chi connectivity index (χ0) is 15.1. The summed E-state index contributed by atoms with van der Waals surface area (Å²) in [5, 5.41) is 9.98. The molecule has 0 atom stereocenters. The van der Waals surface area contributed by atoms with Crippen molar-refractivity contribution in [3.63, 3.8) is 0 Å². The molecule has 2 rings (SSSR count). The Balaban J connectivity index is 0.00000242. The number of hydrogen-bond acceptors (Lipinski definition) is 4. The van der Waals surface area contributed by atoms with E-state index in [4.69, 9.17) is 0 Å². The molecule has 0 saturated carbocycles. The number of benzene rings is 1. The standard InChI is InChI=1S/C15H18N4O2.ClH/c1-2-16-10-11-17-15(21)13-8-9-14(20)19(18-13)12-6-4-3-5-7-12;/h3-9,16H,2,10-11H2,1H3,(H,17,21);1H. The first-order valence-corrected chi connectivity index (χ1v) is 6.87. The van der Waals surface area contributed by atoms with Crippen molar-refractivity contribution < 1.29 is 4.79 Å². The fourth-order valence-electron chi connectivity index (χ4n) is 1.82. The Hall–Kier alpha value is -2.18. The lowest BCUT2D eigenvalue weighted by molar-refractivity contribution is 0.0947. The maximum atomic E-state index is 12.0. The summed E-state index contributed by atoms with van der Waals surface area (Å²) in [5.41, 5.74) is 0.574. The van der Waals surface area contributed by atoms with Gasteiger partial charge in [0.25, 0.3) is 11.5 Å². The van der Waals surface area contributed by atoms with E-state index in [9.17, 15) is 9.59 Å². The summed E-state index contributed by atoms with van der Waals surface area (Å²) in [6.07, 6.45) is 0. The molecule has 0 unspecified atom stereocenters. The summed E-state index contributed by atoms with van der Waals surface area (Å²) in [7, 11) is 0. The van der Waals surface area contributed by atoms with Gasteiger partial charge in [-0.1, -0.05) is 25.1 Å². The SMILES string of the molecule is CCNCCNC(=O)c1ccc(=O)n(-c2ccccc2)n1.Cl. The summed E-state index contributed by atoms with van der Waals surface area (Å²) in [6.45, 7) is 4.06. The lowest BCUT2D eigenvalue weighted by Gasteiger charge is -2.08. The highest BCUT2D eigenvalue weighted by molar-refractivity contribution is 5.92. The summed E-state index contributed by atoms with van der Waals surface area (Å²) in [5.74, 6) is -0.294. The van der Waals surface area contributed by atoms with Crippen LogP contribution < -0.4 is 16.2 Å². The van der Waals surface area contributed by atoms with E-state index < -0.39 is 0 Å². The number of carbonyl (C=O) groups is 1. The molecule has 22 heavy (non-hydrogen) atoms. The number of likely N-dealkylation sites (N-methyl/N-ethyl adjacent to an activating group) is 1. The van der Waals surface area contributed by atoms with E-state index in [1.165, 1.54) is 16.8 Å². The molecule has 0 bridgehead atoms. The van der Waals surface area contributed by atoms with Gasteiger partial charge in [0.05, 0.1) is 5.69 Å². The van der Waals surface area contributed by atoms with Crippen molar-refractivity contribution in [1.82, 2.24) is 20.4 Å². The van der Waals surface area contributed by atoms with Gasteiger partial charge in [-0.15, -0.1) is 12.4 Å². The van der Waals surface area contributed by atoms with Crippen molar-refractivity contribution in [2.24, 2.45) is 0 Å². The molecule has 0 radical (unpaired) electrons. The van der Waals surface area contributed by atoms with E-state index >= 15 is 0 Å². The Bertz CT molecular complexity index is 658. The van der Waals surface area contributed by atoms with Crippen LogP contribution in [0.3, 0.4) is 0 Å². The van der Waals surface area contributed by atoms with Crippen LogP contribution in [0.2, 0.25) is 0 Å². The lowest BCUT2D eigenvalue weighted by atomic mass is 10.3. The number of amides is 1. The van der Waals surface area contributed by atoms with Crippen LogP contribution in [0, 0.1) is 0 Å². The smallest absolute Gasteiger partial charge is 0.271 e. The van der Waals surface area contributed by atoms with Gasteiger partial charge in [0.15, 0.2) is 0 Å². The molecule has 0 aliphatic heterocycles. The average Bonchev–Trinajstić information content (AvgIpc) is 2.52. The zero-order valence-corrected chi connectivity index (χ0v) is 13.1. The van der Waals surface area contributed by atoms with Crippen molar-refractivity contribution in [2.45, 2.75) is 6.92 Å². The minimum Gasteiger partial charge on any atom is -0.349 e. The molecule has 0 aliphatic rings. The van der Waals surface area contributed by atoms with Crippen molar-refractivity contribution in [3.8, 4) is 5.69 Å². The molecule has 2 N–H and O–H groups in total.